The lowest BCUT2D eigenvalue weighted by Gasteiger charge is -2.13. The van der Waals surface area contributed by atoms with Gasteiger partial charge in [-0.25, -0.2) is 4.90 Å². The largest absolute Gasteiger partial charge is 0.493 e. The Morgan fingerprint density at radius 3 is 2.75 bits per heavy atom. The number of thioether (sulfide) groups is 1. The molecule has 0 aliphatic carbocycles. The monoisotopic (exact) mass is 479 g/mol. The van der Waals surface area contributed by atoms with Crippen LogP contribution in [0.1, 0.15) is 5.56 Å². The normalized spacial score (nSPS) is 15.2. The number of nitrogens with zero attached hydrogens (tertiary/aromatic N) is 1. The van der Waals surface area contributed by atoms with Crippen molar-refractivity contribution in [3.63, 3.8) is 0 Å². The second kappa shape index (κ2) is 8.86. The first-order valence-corrected chi connectivity index (χ1v) is 10.1. The third-order valence-corrected chi connectivity index (χ3v) is 5.45. The molecule has 5 nitrogen and oxygen atoms in total. The van der Waals surface area contributed by atoms with Crippen LogP contribution in [0, 0.1) is 0 Å². The van der Waals surface area contributed by atoms with Gasteiger partial charge in [0.15, 0.2) is 11.5 Å². The molecule has 0 unspecified atom stereocenters. The molecule has 0 spiro atoms. The van der Waals surface area contributed by atoms with Crippen LogP contribution in [0.2, 0.25) is 5.02 Å². The van der Waals surface area contributed by atoms with E-state index in [1.807, 2.05) is 0 Å². The van der Waals surface area contributed by atoms with Crippen LogP contribution in [0.4, 0.5) is 10.5 Å². The minimum Gasteiger partial charge on any atom is -0.493 e. The van der Waals surface area contributed by atoms with E-state index in [4.69, 9.17) is 21.1 Å². The number of hydrogen-bond acceptors (Lipinski definition) is 5. The Kier molecular flexibility index (Phi) is 6.49. The van der Waals surface area contributed by atoms with Gasteiger partial charge in [0.1, 0.15) is 6.61 Å². The van der Waals surface area contributed by atoms with Gasteiger partial charge in [0.05, 0.1) is 22.2 Å². The van der Waals surface area contributed by atoms with E-state index in [-0.39, 0.29) is 5.24 Å². The molecule has 1 heterocycles. The van der Waals surface area contributed by atoms with Gasteiger partial charge in [-0.15, -0.1) is 0 Å². The minimum atomic E-state index is -0.403. The lowest BCUT2D eigenvalue weighted by molar-refractivity contribution is -0.113. The molecular weight excluding hydrogens is 466 g/mol. The highest BCUT2D eigenvalue weighted by atomic mass is 79.9. The first-order chi connectivity index (χ1) is 13.4. The highest BCUT2D eigenvalue weighted by molar-refractivity contribution is 9.10. The number of carbonyl (C=O) groups excluding carboxylic acids is 2. The molecule has 144 valence electrons. The fourth-order valence-electron chi connectivity index (χ4n) is 2.56. The van der Waals surface area contributed by atoms with Crippen LogP contribution < -0.4 is 14.4 Å². The lowest BCUT2D eigenvalue weighted by atomic mass is 10.1. The van der Waals surface area contributed by atoms with E-state index in [0.29, 0.717) is 43.8 Å². The van der Waals surface area contributed by atoms with Crippen molar-refractivity contribution >= 4 is 62.2 Å². The Labute approximate surface area is 180 Å². The molecule has 0 bridgehead atoms. The first kappa shape index (κ1) is 20.5. The molecule has 2 aromatic carbocycles. The fourth-order valence-corrected chi connectivity index (χ4v) is 4.16. The van der Waals surface area contributed by atoms with Crippen molar-refractivity contribution in [2.45, 2.75) is 0 Å². The molecule has 0 atom stereocenters. The summed E-state index contributed by atoms with van der Waals surface area (Å²) in [5.74, 6) is 0.627. The smallest absolute Gasteiger partial charge is 0.298 e. The maximum atomic E-state index is 12.8. The van der Waals surface area contributed by atoms with Crippen molar-refractivity contribution in [2.24, 2.45) is 0 Å². The summed E-state index contributed by atoms with van der Waals surface area (Å²) in [7, 11) is 1.53. The Morgan fingerprint density at radius 2 is 2.07 bits per heavy atom. The van der Waals surface area contributed by atoms with Crippen molar-refractivity contribution in [3.05, 3.63) is 69.0 Å². The Morgan fingerprint density at radius 1 is 1.29 bits per heavy atom. The molecule has 3 rings (SSSR count). The third kappa shape index (κ3) is 4.27. The fraction of sp³-hybridized carbons (Fsp3) is 0.100. The molecule has 1 aliphatic heterocycles. The summed E-state index contributed by atoms with van der Waals surface area (Å²) in [4.78, 5) is 26.6. The van der Waals surface area contributed by atoms with E-state index < -0.39 is 5.91 Å². The van der Waals surface area contributed by atoms with E-state index >= 15 is 0 Å². The number of halogens is 2. The van der Waals surface area contributed by atoms with Gasteiger partial charge in [0.2, 0.25) is 0 Å². The van der Waals surface area contributed by atoms with Crippen LogP contribution in [0.25, 0.3) is 6.08 Å². The minimum absolute atomic E-state index is 0.304. The van der Waals surface area contributed by atoms with Crippen molar-refractivity contribution in [1.82, 2.24) is 0 Å². The number of imide groups is 1. The van der Waals surface area contributed by atoms with E-state index in [0.717, 1.165) is 16.7 Å². The van der Waals surface area contributed by atoms with E-state index in [9.17, 15) is 9.59 Å². The van der Waals surface area contributed by atoms with Crippen LogP contribution >= 0.6 is 39.3 Å². The van der Waals surface area contributed by atoms with E-state index in [1.54, 1.807) is 48.6 Å². The van der Waals surface area contributed by atoms with Gasteiger partial charge in [-0.2, -0.15) is 0 Å². The quantitative estimate of drug-likeness (QED) is 0.380. The van der Waals surface area contributed by atoms with Crippen LogP contribution in [0.5, 0.6) is 11.5 Å². The molecule has 1 saturated heterocycles. The number of carbonyl (C=O) groups is 2. The average Bonchev–Trinajstić information content (AvgIpc) is 2.93. The zero-order valence-electron chi connectivity index (χ0n) is 14.8. The molecule has 0 radical (unpaired) electrons. The third-order valence-electron chi connectivity index (χ3n) is 3.76. The molecule has 0 N–H and O–H groups in total. The number of ether oxygens (including phenoxy) is 2. The molecule has 0 aromatic heterocycles. The van der Waals surface area contributed by atoms with E-state index in [1.165, 1.54) is 7.11 Å². The summed E-state index contributed by atoms with van der Waals surface area (Å²) in [6.45, 7) is 3.95. The Hall–Kier alpha value is -2.22. The number of benzene rings is 2. The summed E-state index contributed by atoms with van der Waals surface area (Å²) in [5, 5.41) is 0.0693. The highest BCUT2D eigenvalue weighted by Gasteiger charge is 2.36. The summed E-state index contributed by atoms with van der Waals surface area (Å²) >= 11 is 10.3. The summed E-state index contributed by atoms with van der Waals surface area (Å²) < 4.78 is 11.6. The SMILES string of the molecule is C=CCOc1c(Br)cc(/C=C2/SC(=O)N(c3cccc(Cl)c3)C2=O)cc1OC. The van der Waals surface area contributed by atoms with Gasteiger partial charge in [0, 0.05) is 5.02 Å². The number of amides is 2. The molecule has 2 amide bonds. The summed E-state index contributed by atoms with van der Waals surface area (Å²) in [6, 6.07) is 10.1. The molecule has 2 aromatic rings. The van der Waals surface area contributed by atoms with Gasteiger partial charge in [0.25, 0.3) is 11.1 Å². The van der Waals surface area contributed by atoms with Crippen molar-refractivity contribution in [1.29, 1.82) is 0 Å². The van der Waals surface area contributed by atoms with Crippen LogP contribution in [-0.4, -0.2) is 24.9 Å². The summed E-state index contributed by atoms with van der Waals surface area (Å²) in [6.07, 6.45) is 3.27. The Balaban J connectivity index is 1.93. The number of anilines is 1. The first-order valence-electron chi connectivity index (χ1n) is 8.09. The second-order valence-electron chi connectivity index (χ2n) is 5.63. The van der Waals surface area contributed by atoms with Gasteiger partial charge < -0.3 is 9.47 Å². The van der Waals surface area contributed by atoms with Crippen LogP contribution in [0.15, 0.2) is 58.4 Å². The van der Waals surface area contributed by atoms with Crippen molar-refractivity contribution < 1.29 is 19.1 Å². The molecule has 1 aliphatic rings. The van der Waals surface area contributed by atoms with Crippen molar-refractivity contribution in [3.8, 4) is 11.5 Å². The van der Waals surface area contributed by atoms with Gasteiger partial charge >= 0.3 is 0 Å². The number of methoxy groups -OCH3 is 1. The number of hydrogen-bond donors (Lipinski definition) is 0. The van der Waals surface area contributed by atoms with Gasteiger partial charge in [-0.1, -0.05) is 30.3 Å². The molecule has 28 heavy (non-hydrogen) atoms. The standard InChI is InChI=1S/C20H15BrClNO4S/c1-3-7-27-18-15(21)8-12(9-16(18)26-2)10-17-19(24)23(20(25)28-17)14-6-4-5-13(22)11-14/h3-6,8-11H,1,7H2,2H3/b17-10+. The van der Waals surface area contributed by atoms with E-state index in [2.05, 4.69) is 22.5 Å². The second-order valence-corrected chi connectivity index (χ2v) is 7.91. The molecule has 0 saturated carbocycles. The zero-order chi connectivity index (χ0) is 20.3. The maximum absolute atomic E-state index is 12.8. The highest BCUT2D eigenvalue weighted by Crippen LogP contribution is 2.40. The van der Waals surface area contributed by atoms with Crippen LogP contribution in [-0.2, 0) is 4.79 Å². The Bertz CT molecular complexity index is 992. The summed E-state index contributed by atoms with van der Waals surface area (Å²) in [5.41, 5.74) is 1.12. The zero-order valence-corrected chi connectivity index (χ0v) is 17.9. The maximum Gasteiger partial charge on any atom is 0.298 e. The predicted octanol–water partition coefficient (Wildman–Crippen LogP) is 5.92. The van der Waals surface area contributed by atoms with Gasteiger partial charge in [-0.05, 0) is 69.7 Å². The topological polar surface area (TPSA) is 55.8 Å². The lowest BCUT2D eigenvalue weighted by Crippen LogP contribution is -2.27. The molecule has 1 fully saturated rings. The molecular formula is C20H15BrClNO4S. The van der Waals surface area contributed by atoms with Gasteiger partial charge in [-0.3, -0.25) is 9.59 Å². The predicted molar refractivity (Wildman–Crippen MR) is 116 cm³/mol. The van der Waals surface area contributed by atoms with Crippen LogP contribution in [0.3, 0.4) is 0 Å². The van der Waals surface area contributed by atoms with Crippen molar-refractivity contribution in [2.75, 3.05) is 18.6 Å². The average molecular weight is 481 g/mol. The molecule has 8 heteroatoms. The number of rotatable bonds is 6.